The lowest BCUT2D eigenvalue weighted by atomic mass is 9.66. The zero-order chi connectivity index (χ0) is 34.4. The molecule has 0 N–H and O–H groups in total. The molecule has 0 aromatic heterocycles. The molecule has 244 valence electrons. The van der Waals surface area contributed by atoms with Crippen LogP contribution in [0.3, 0.4) is 0 Å². The van der Waals surface area contributed by atoms with Crippen LogP contribution in [0.5, 0.6) is 11.5 Å². The molecule has 0 radical (unpaired) electrons. The average Bonchev–Trinajstić information content (AvgIpc) is 3.43. The number of benzene rings is 7. The molecular formula is C49H42O. The first-order chi connectivity index (χ1) is 24.1. The van der Waals surface area contributed by atoms with Crippen molar-refractivity contribution in [3.63, 3.8) is 0 Å². The number of ether oxygens (including phenoxy) is 1. The molecule has 50 heavy (non-hydrogen) atoms. The molecule has 2 aliphatic rings. The van der Waals surface area contributed by atoms with E-state index in [0.29, 0.717) is 0 Å². The summed E-state index contributed by atoms with van der Waals surface area (Å²) >= 11 is 0. The van der Waals surface area contributed by atoms with E-state index in [9.17, 15) is 0 Å². The van der Waals surface area contributed by atoms with Crippen molar-refractivity contribution >= 4 is 10.8 Å². The lowest BCUT2D eigenvalue weighted by Crippen LogP contribution is -2.30. The summed E-state index contributed by atoms with van der Waals surface area (Å²) < 4.78 is 6.52. The summed E-state index contributed by atoms with van der Waals surface area (Å²) in [5, 5.41) is 2.39. The highest BCUT2D eigenvalue weighted by Gasteiger charge is 2.47. The fourth-order valence-corrected chi connectivity index (χ4v) is 8.59. The van der Waals surface area contributed by atoms with Gasteiger partial charge in [0.2, 0.25) is 0 Å². The van der Waals surface area contributed by atoms with Crippen LogP contribution in [0.4, 0.5) is 0 Å². The van der Waals surface area contributed by atoms with Crippen molar-refractivity contribution in [1.29, 1.82) is 0 Å². The summed E-state index contributed by atoms with van der Waals surface area (Å²) in [6.07, 6.45) is 0. The van der Waals surface area contributed by atoms with Crippen LogP contribution in [-0.4, -0.2) is 0 Å². The van der Waals surface area contributed by atoms with Crippen LogP contribution in [0.15, 0.2) is 146 Å². The van der Waals surface area contributed by atoms with E-state index in [-0.39, 0.29) is 10.8 Å². The van der Waals surface area contributed by atoms with Crippen LogP contribution >= 0.6 is 0 Å². The molecule has 0 fully saturated rings. The molecule has 0 spiro atoms. The molecule has 1 aliphatic heterocycles. The van der Waals surface area contributed by atoms with E-state index in [1.165, 1.54) is 72.0 Å². The fourth-order valence-electron chi connectivity index (χ4n) is 8.59. The van der Waals surface area contributed by atoms with Gasteiger partial charge >= 0.3 is 0 Å². The number of hydrogen-bond donors (Lipinski definition) is 0. The predicted octanol–water partition coefficient (Wildman–Crippen LogP) is 13.2. The Morgan fingerprint density at radius 2 is 0.980 bits per heavy atom. The summed E-state index contributed by atoms with van der Waals surface area (Å²) in [7, 11) is 0. The van der Waals surface area contributed by atoms with Crippen LogP contribution in [0.2, 0.25) is 0 Å². The first-order valence-corrected chi connectivity index (χ1v) is 17.9. The highest BCUT2D eigenvalue weighted by Crippen LogP contribution is 2.59. The first kappa shape index (κ1) is 30.6. The van der Waals surface area contributed by atoms with Gasteiger partial charge in [-0.05, 0) is 89.5 Å². The van der Waals surface area contributed by atoms with Crippen molar-refractivity contribution in [3.8, 4) is 44.9 Å². The van der Waals surface area contributed by atoms with Gasteiger partial charge < -0.3 is 4.74 Å². The largest absolute Gasteiger partial charge is 0.456 e. The minimum Gasteiger partial charge on any atom is -0.456 e. The van der Waals surface area contributed by atoms with Gasteiger partial charge in [-0.15, -0.1) is 0 Å². The van der Waals surface area contributed by atoms with Gasteiger partial charge in [-0.2, -0.15) is 0 Å². The van der Waals surface area contributed by atoms with E-state index in [0.717, 1.165) is 17.1 Å². The summed E-state index contributed by atoms with van der Waals surface area (Å²) in [6.45, 7) is 13.9. The Bertz CT molecular complexity index is 2420. The zero-order valence-corrected chi connectivity index (χ0v) is 29.8. The van der Waals surface area contributed by atoms with Crippen LogP contribution in [0.1, 0.15) is 74.9 Å². The summed E-state index contributed by atoms with van der Waals surface area (Å²) in [5.74, 6) is 1.83. The molecular weight excluding hydrogens is 605 g/mol. The highest BCUT2D eigenvalue weighted by atomic mass is 16.5. The van der Waals surface area contributed by atoms with Crippen molar-refractivity contribution in [3.05, 3.63) is 179 Å². The molecule has 0 saturated carbocycles. The normalized spacial score (nSPS) is 14.1. The molecule has 1 aliphatic carbocycles. The molecule has 0 atom stereocenters. The smallest absolute Gasteiger partial charge is 0.135 e. The van der Waals surface area contributed by atoms with E-state index in [4.69, 9.17) is 4.74 Å². The molecule has 0 bridgehead atoms. The Hall–Kier alpha value is -5.40. The molecule has 0 unspecified atom stereocenters. The molecule has 7 aromatic carbocycles. The number of rotatable bonds is 3. The maximum absolute atomic E-state index is 6.52. The van der Waals surface area contributed by atoms with Crippen molar-refractivity contribution in [2.45, 2.75) is 57.8 Å². The Morgan fingerprint density at radius 1 is 0.420 bits per heavy atom. The van der Waals surface area contributed by atoms with Crippen LogP contribution in [-0.2, 0) is 16.2 Å². The van der Waals surface area contributed by atoms with Crippen LogP contribution < -0.4 is 4.74 Å². The molecule has 1 nitrogen and oxygen atoms in total. The SMILES string of the molecule is CC(C)(C)c1cccc(C2(c3cccc(C(C)(C)C)c3)c3ccccc3-c3c(-c4ccc5c6c(cccc46)-c4ccccc4O5)cccc32)c1. The average molecular weight is 647 g/mol. The lowest BCUT2D eigenvalue weighted by molar-refractivity contribution is 0.487. The maximum atomic E-state index is 6.52. The molecule has 1 heteroatoms. The predicted molar refractivity (Wildman–Crippen MR) is 210 cm³/mol. The Morgan fingerprint density at radius 3 is 1.68 bits per heavy atom. The van der Waals surface area contributed by atoms with Gasteiger partial charge in [-0.25, -0.2) is 0 Å². The minimum atomic E-state index is -0.501. The monoisotopic (exact) mass is 646 g/mol. The standard InChI is InChI=1S/C49H42O/c1-47(2,3)31-15-11-17-33(29-31)49(34-18-12-16-32(30-34)48(4,5)6)41-24-9-7-20-40(41)45-37(23-14-25-42(45)49)35-27-28-44-46-38(35)21-13-22-39(46)36-19-8-10-26-43(36)50-44/h7-30H,1-6H3. The van der Waals surface area contributed by atoms with E-state index < -0.39 is 5.41 Å². The number of para-hydroxylation sites is 1. The zero-order valence-electron chi connectivity index (χ0n) is 29.8. The Labute approximate surface area is 296 Å². The van der Waals surface area contributed by atoms with E-state index in [1.54, 1.807) is 0 Å². The van der Waals surface area contributed by atoms with Crippen molar-refractivity contribution in [2.24, 2.45) is 0 Å². The molecule has 9 rings (SSSR count). The van der Waals surface area contributed by atoms with E-state index in [1.807, 2.05) is 6.07 Å². The second kappa shape index (κ2) is 10.8. The van der Waals surface area contributed by atoms with Crippen molar-refractivity contribution in [1.82, 2.24) is 0 Å². The fraction of sp³-hybridized carbons (Fsp3) is 0.184. The van der Waals surface area contributed by atoms with Gasteiger partial charge in [0, 0.05) is 10.9 Å². The van der Waals surface area contributed by atoms with Crippen molar-refractivity contribution in [2.75, 3.05) is 0 Å². The van der Waals surface area contributed by atoms with Gasteiger partial charge in [0.1, 0.15) is 11.5 Å². The number of fused-ring (bicyclic) bond motifs is 5. The summed E-state index contributed by atoms with van der Waals surface area (Å²) in [5.41, 5.74) is 14.9. The third-order valence-electron chi connectivity index (χ3n) is 11.1. The molecule has 0 saturated heterocycles. The van der Waals surface area contributed by atoms with Gasteiger partial charge in [0.05, 0.1) is 5.41 Å². The lowest BCUT2D eigenvalue weighted by Gasteiger charge is -2.36. The quantitative estimate of drug-likeness (QED) is 0.186. The van der Waals surface area contributed by atoms with Crippen molar-refractivity contribution < 1.29 is 4.74 Å². The van der Waals surface area contributed by atoms with E-state index >= 15 is 0 Å². The second-order valence-electron chi connectivity index (χ2n) is 16.1. The summed E-state index contributed by atoms with van der Waals surface area (Å²) in [6, 6.07) is 54.4. The molecule has 1 heterocycles. The second-order valence-corrected chi connectivity index (χ2v) is 16.1. The van der Waals surface area contributed by atoms with Gasteiger partial charge in [0.15, 0.2) is 0 Å². The molecule has 7 aromatic rings. The molecule has 0 amide bonds. The van der Waals surface area contributed by atoms with Crippen LogP contribution in [0.25, 0.3) is 44.2 Å². The van der Waals surface area contributed by atoms with Gasteiger partial charge in [-0.3, -0.25) is 0 Å². The number of hydrogen-bond acceptors (Lipinski definition) is 1. The summed E-state index contributed by atoms with van der Waals surface area (Å²) in [4.78, 5) is 0. The van der Waals surface area contributed by atoms with Gasteiger partial charge in [-0.1, -0.05) is 175 Å². The third-order valence-corrected chi connectivity index (χ3v) is 11.1. The van der Waals surface area contributed by atoms with E-state index in [2.05, 4.69) is 181 Å². The highest BCUT2D eigenvalue weighted by molar-refractivity contribution is 6.12. The Balaban J connectivity index is 1.38. The first-order valence-electron chi connectivity index (χ1n) is 17.9. The van der Waals surface area contributed by atoms with Gasteiger partial charge in [0.25, 0.3) is 0 Å². The third kappa shape index (κ3) is 4.39. The van der Waals surface area contributed by atoms with Crippen LogP contribution in [0, 0.1) is 0 Å². The maximum Gasteiger partial charge on any atom is 0.135 e. The minimum absolute atomic E-state index is 0.0112. The topological polar surface area (TPSA) is 9.23 Å². The Kier molecular flexibility index (Phi) is 6.62.